The average Bonchev–Trinajstić information content (AvgIpc) is 2.29. The molecule has 0 aromatic heterocycles. The maximum Gasteiger partial charge on any atom is 0.0460 e. The van der Waals surface area contributed by atoms with Crippen LogP contribution in [0.5, 0.6) is 0 Å². The van der Waals surface area contributed by atoms with Gasteiger partial charge in [0.15, 0.2) is 0 Å². The van der Waals surface area contributed by atoms with Crippen LogP contribution in [-0.4, -0.2) is 48.8 Å². The third kappa shape index (κ3) is 4.81. The smallest absolute Gasteiger partial charge is 0.0460 e. The largest absolute Gasteiger partial charge is 0.396 e. The molecule has 0 bridgehead atoms. The van der Waals surface area contributed by atoms with E-state index < -0.39 is 0 Å². The fraction of sp³-hybridized carbons (Fsp3) is 1.00. The Labute approximate surface area is 100 Å². The minimum atomic E-state index is 0.372. The van der Waals surface area contributed by atoms with Crippen molar-refractivity contribution in [1.29, 1.82) is 0 Å². The third-order valence-corrected chi connectivity index (χ3v) is 3.86. The van der Waals surface area contributed by atoms with Gasteiger partial charge in [-0.15, -0.1) is 0 Å². The highest BCUT2D eigenvalue weighted by atomic mass is 16.3. The van der Waals surface area contributed by atoms with Crippen molar-refractivity contribution in [3.05, 3.63) is 0 Å². The fourth-order valence-corrected chi connectivity index (χ4v) is 2.08. The van der Waals surface area contributed by atoms with E-state index in [9.17, 15) is 0 Å². The van der Waals surface area contributed by atoms with E-state index in [1.807, 2.05) is 0 Å². The Kier molecular flexibility index (Phi) is 6.32. The van der Waals surface area contributed by atoms with Gasteiger partial charge in [-0.1, -0.05) is 13.8 Å². The lowest BCUT2D eigenvalue weighted by Gasteiger charge is -2.31. The fourth-order valence-electron chi connectivity index (χ4n) is 2.08. The zero-order chi connectivity index (χ0) is 12.0. The van der Waals surface area contributed by atoms with Crippen molar-refractivity contribution in [2.24, 2.45) is 11.8 Å². The minimum absolute atomic E-state index is 0.372. The summed E-state index contributed by atoms with van der Waals surface area (Å²) in [6, 6.07) is 0.606. The van der Waals surface area contributed by atoms with Gasteiger partial charge in [-0.3, -0.25) is 0 Å². The van der Waals surface area contributed by atoms with Crippen molar-refractivity contribution in [3.8, 4) is 0 Å². The zero-order valence-electron chi connectivity index (χ0n) is 11.1. The molecule has 1 heterocycles. The molecule has 1 fully saturated rings. The first-order valence-corrected chi connectivity index (χ1v) is 6.70. The number of piperidine rings is 1. The topological polar surface area (TPSA) is 35.5 Å². The summed E-state index contributed by atoms with van der Waals surface area (Å²) in [5.74, 6) is 1.26. The maximum absolute atomic E-state index is 9.06. The molecule has 16 heavy (non-hydrogen) atoms. The maximum atomic E-state index is 9.06. The summed E-state index contributed by atoms with van der Waals surface area (Å²) in [6.07, 6.45) is 2.33. The van der Waals surface area contributed by atoms with Crippen molar-refractivity contribution >= 4 is 0 Å². The van der Waals surface area contributed by atoms with Crippen LogP contribution in [0, 0.1) is 11.8 Å². The van der Waals surface area contributed by atoms with Gasteiger partial charge < -0.3 is 15.3 Å². The van der Waals surface area contributed by atoms with Crippen LogP contribution in [0.2, 0.25) is 0 Å². The minimum Gasteiger partial charge on any atom is -0.396 e. The summed E-state index contributed by atoms with van der Waals surface area (Å²) in [5.41, 5.74) is 0. The van der Waals surface area contributed by atoms with Crippen molar-refractivity contribution in [2.45, 2.75) is 39.7 Å². The lowest BCUT2D eigenvalue weighted by Crippen LogP contribution is -2.41. The Hall–Kier alpha value is -0.120. The van der Waals surface area contributed by atoms with Crippen molar-refractivity contribution in [1.82, 2.24) is 10.2 Å². The average molecular weight is 228 g/mol. The van der Waals surface area contributed by atoms with Crippen LogP contribution in [0.4, 0.5) is 0 Å². The SMILES string of the molecule is CC(C)C(C)NCCN1CCC(CO)CC1. The predicted molar refractivity (Wildman–Crippen MR) is 68.6 cm³/mol. The van der Waals surface area contributed by atoms with E-state index in [0.29, 0.717) is 24.5 Å². The molecule has 1 saturated heterocycles. The molecule has 1 unspecified atom stereocenters. The molecule has 1 rings (SSSR count). The highest BCUT2D eigenvalue weighted by molar-refractivity contribution is 4.73. The summed E-state index contributed by atoms with van der Waals surface area (Å²) in [4.78, 5) is 2.51. The van der Waals surface area contributed by atoms with E-state index >= 15 is 0 Å². The molecule has 3 nitrogen and oxygen atoms in total. The Morgan fingerprint density at radius 1 is 1.25 bits per heavy atom. The van der Waals surface area contributed by atoms with Gasteiger partial charge in [-0.25, -0.2) is 0 Å². The third-order valence-electron chi connectivity index (χ3n) is 3.86. The van der Waals surface area contributed by atoms with Gasteiger partial charge in [0, 0.05) is 25.7 Å². The zero-order valence-corrected chi connectivity index (χ0v) is 11.1. The summed E-state index contributed by atoms with van der Waals surface area (Å²) in [5, 5.41) is 12.6. The molecule has 1 atom stereocenters. The molecule has 96 valence electrons. The van der Waals surface area contributed by atoms with Crippen LogP contribution in [0.25, 0.3) is 0 Å². The van der Waals surface area contributed by atoms with Gasteiger partial charge in [-0.05, 0) is 44.7 Å². The molecular formula is C13H28N2O. The predicted octanol–water partition coefficient (Wildman–Crippen LogP) is 1.32. The summed E-state index contributed by atoms with van der Waals surface area (Å²) in [6.45, 7) is 11.7. The van der Waals surface area contributed by atoms with Crippen molar-refractivity contribution in [2.75, 3.05) is 32.8 Å². The number of nitrogens with one attached hydrogen (secondary N) is 1. The highest BCUT2D eigenvalue weighted by Crippen LogP contribution is 2.15. The standard InChI is InChI=1S/C13H28N2O/c1-11(2)12(3)14-6-9-15-7-4-13(10-16)5-8-15/h11-14,16H,4-10H2,1-3H3. The molecule has 0 aromatic carbocycles. The van der Waals surface area contributed by atoms with Crippen LogP contribution >= 0.6 is 0 Å². The number of aliphatic hydroxyl groups is 1. The second-order valence-corrected chi connectivity index (χ2v) is 5.45. The van der Waals surface area contributed by atoms with E-state index in [1.54, 1.807) is 0 Å². The quantitative estimate of drug-likeness (QED) is 0.720. The number of rotatable bonds is 6. The molecule has 0 radical (unpaired) electrons. The van der Waals surface area contributed by atoms with E-state index in [4.69, 9.17) is 5.11 Å². The van der Waals surface area contributed by atoms with E-state index in [1.165, 1.54) is 0 Å². The van der Waals surface area contributed by atoms with Crippen LogP contribution in [0.1, 0.15) is 33.6 Å². The first kappa shape index (κ1) is 13.9. The molecule has 1 aliphatic heterocycles. The Morgan fingerprint density at radius 2 is 1.88 bits per heavy atom. The van der Waals surface area contributed by atoms with Crippen molar-refractivity contribution in [3.63, 3.8) is 0 Å². The normalized spacial score (nSPS) is 21.6. The second kappa shape index (κ2) is 7.25. The number of likely N-dealkylation sites (tertiary alicyclic amines) is 1. The van der Waals surface area contributed by atoms with E-state index in [2.05, 4.69) is 31.0 Å². The monoisotopic (exact) mass is 228 g/mol. The summed E-state index contributed by atoms with van der Waals surface area (Å²) >= 11 is 0. The summed E-state index contributed by atoms with van der Waals surface area (Å²) in [7, 11) is 0. The molecule has 0 aliphatic carbocycles. The van der Waals surface area contributed by atoms with Gasteiger partial charge in [0.05, 0.1) is 0 Å². The molecule has 0 amide bonds. The Bertz CT molecular complexity index is 177. The lowest BCUT2D eigenvalue weighted by molar-refractivity contribution is 0.131. The number of hydrogen-bond donors (Lipinski definition) is 2. The first-order valence-electron chi connectivity index (χ1n) is 6.70. The number of aliphatic hydroxyl groups excluding tert-OH is 1. The number of hydrogen-bond acceptors (Lipinski definition) is 3. The van der Waals surface area contributed by atoms with Gasteiger partial charge in [0.25, 0.3) is 0 Å². The lowest BCUT2D eigenvalue weighted by atomic mass is 9.98. The molecular weight excluding hydrogens is 200 g/mol. The molecule has 0 aromatic rings. The van der Waals surface area contributed by atoms with Crippen LogP contribution < -0.4 is 5.32 Å². The van der Waals surface area contributed by atoms with Crippen LogP contribution in [0.3, 0.4) is 0 Å². The van der Waals surface area contributed by atoms with Crippen LogP contribution in [-0.2, 0) is 0 Å². The highest BCUT2D eigenvalue weighted by Gasteiger charge is 2.17. The van der Waals surface area contributed by atoms with Gasteiger partial charge in [0.1, 0.15) is 0 Å². The van der Waals surface area contributed by atoms with Gasteiger partial charge in [0.2, 0.25) is 0 Å². The summed E-state index contributed by atoms with van der Waals surface area (Å²) < 4.78 is 0. The molecule has 3 heteroatoms. The molecule has 0 spiro atoms. The Balaban J connectivity index is 2.06. The van der Waals surface area contributed by atoms with E-state index in [0.717, 1.165) is 39.0 Å². The van der Waals surface area contributed by atoms with Crippen molar-refractivity contribution < 1.29 is 5.11 Å². The molecule has 2 N–H and O–H groups in total. The van der Waals surface area contributed by atoms with Gasteiger partial charge in [-0.2, -0.15) is 0 Å². The first-order chi connectivity index (χ1) is 7.63. The number of nitrogens with zero attached hydrogens (tertiary/aromatic N) is 1. The van der Waals surface area contributed by atoms with Crippen LogP contribution in [0.15, 0.2) is 0 Å². The van der Waals surface area contributed by atoms with E-state index in [-0.39, 0.29) is 0 Å². The molecule has 1 aliphatic rings. The second-order valence-electron chi connectivity index (χ2n) is 5.45. The molecule has 0 saturated carbocycles. The van der Waals surface area contributed by atoms with Gasteiger partial charge >= 0.3 is 0 Å². The Morgan fingerprint density at radius 3 is 2.38 bits per heavy atom.